The van der Waals surface area contributed by atoms with Gasteiger partial charge in [0, 0.05) is 11.8 Å². The summed E-state index contributed by atoms with van der Waals surface area (Å²) < 4.78 is 5.01. The maximum absolute atomic E-state index is 9.87. The van der Waals surface area contributed by atoms with Crippen molar-refractivity contribution in [2.24, 2.45) is 16.0 Å². The highest BCUT2D eigenvalue weighted by atomic mass is 16.5. The second kappa shape index (κ2) is 5.19. The van der Waals surface area contributed by atoms with Crippen LogP contribution in [0.3, 0.4) is 0 Å². The molecule has 0 saturated carbocycles. The third-order valence-corrected chi connectivity index (χ3v) is 2.56. The summed E-state index contributed by atoms with van der Waals surface area (Å²) in [6.07, 6.45) is 1.49. The minimum Gasteiger partial charge on any atom is -0.504 e. The highest BCUT2D eigenvalue weighted by Gasteiger charge is 2.17. The Bertz CT molecular complexity index is 545. The van der Waals surface area contributed by atoms with Gasteiger partial charge in [-0.3, -0.25) is 10.4 Å². The van der Waals surface area contributed by atoms with E-state index < -0.39 is 5.92 Å². The molecule has 0 saturated heterocycles. The van der Waals surface area contributed by atoms with Gasteiger partial charge in [-0.15, -0.1) is 0 Å². The molecular formula is C12H12N4O2. The smallest absolute Gasteiger partial charge is 0.162 e. The van der Waals surface area contributed by atoms with Crippen LogP contribution in [-0.2, 0) is 6.54 Å². The molecule has 18 heavy (non-hydrogen) atoms. The van der Waals surface area contributed by atoms with E-state index >= 15 is 0 Å². The van der Waals surface area contributed by atoms with Gasteiger partial charge in [0.2, 0.25) is 0 Å². The molecule has 6 heteroatoms. The fourth-order valence-electron chi connectivity index (χ4n) is 1.58. The number of hydrogen-bond donors (Lipinski definition) is 2. The Kier molecular flexibility index (Phi) is 3.44. The number of phenolic OH excluding ortho intramolecular Hbond substituents is 1. The highest BCUT2D eigenvalue weighted by Crippen LogP contribution is 2.29. The van der Waals surface area contributed by atoms with E-state index in [1.807, 2.05) is 0 Å². The minimum absolute atomic E-state index is 0.0665. The van der Waals surface area contributed by atoms with E-state index in [1.165, 1.54) is 13.3 Å². The van der Waals surface area contributed by atoms with E-state index in [0.29, 0.717) is 17.1 Å². The first kappa shape index (κ1) is 11.9. The molecular weight excluding hydrogens is 232 g/mol. The molecule has 1 aromatic rings. The number of aliphatic imine (C=N–C) groups is 1. The lowest BCUT2D eigenvalue weighted by molar-refractivity contribution is 0.370. The summed E-state index contributed by atoms with van der Waals surface area (Å²) >= 11 is 0. The topological polar surface area (TPSA) is 90.0 Å². The second-order valence-electron chi connectivity index (χ2n) is 3.67. The maximum Gasteiger partial charge on any atom is 0.162 e. The summed E-state index contributed by atoms with van der Waals surface area (Å²) in [7, 11) is 1.49. The molecule has 1 unspecified atom stereocenters. The van der Waals surface area contributed by atoms with Crippen LogP contribution in [0.15, 0.2) is 28.3 Å². The number of nitrogens with zero attached hydrogens (tertiary/aromatic N) is 3. The lowest BCUT2D eigenvalue weighted by Crippen LogP contribution is -2.19. The normalized spacial score (nSPS) is 19.6. The summed E-state index contributed by atoms with van der Waals surface area (Å²) in [4.78, 5) is 4.22. The zero-order chi connectivity index (χ0) is 13.0. The molecule has 0 amide bonds. The van der Waals surface area contributed by atoms with Crippen molar-refractivity contribution in [3.05, 3.63) is 23.8 Å². The van der Waals surface area contributed by atoms with Gasteiger partial charge in [-0.1, -0.05) is 12.1 Å². The molecule has 2 N–H and O–H groups in total. The molecule has 1 aliphatic rings. The molecule has 92 valence electrons. The van der Waals surface area contributed by atoms with Gasteiger partial charge in [0.25, 0.3) is 0 Å². The van der Waals surface area contributed by atoms with Crippen molar-refractivity contribution < 1.29 is 9.84 Å². The predicted molar refractivity (Wildman–Crippen MR) is 66.5 cm³/mol. The van der Waals surface area contributed by atoms with Crippen LogP contribution in [0.25, 0.3) is 0 Å². The number of ether oxygens (including phenoxy) is 1. The van der Waals surface area contributed by atoms with Crippen LogP contribution >= 0.6 is 0 Å². The van der Waals surface area contributed by atoms with E-state index in [9.17, 15) is 5.11 Å². The number of hydrazone groups is 1. The molecule has 1 heterocycles. The molecule has 1 atom stereocenters. The average molecular weight is 244 g/mol. The molecule has 0 radical (unpaired) electrons. The third-order valence-electron chi connectivity index (χ3n) is 2.56. The van der Waals surface area contributed by atoms with Crippen molar-refractivity contribution in [2.45, 2.75) is 6.54 Å². The van der Waals surface area contributed by atoms with Crippen molar-refractivity contribution in [3.8, 4) is 17.6 Å². The zero-order valence-corrected chi connectivity index (χ0v) is 9.79. The van der Waals surface area contributed by atoms with Gasteiger partial charge < -0.3 is 9.84 Å². The molecule has 0 aliphatic carbocycles. The molecule has 2 rings (SSSR count). The fourth-order valence-corrected chi connectivity index (χ4v) is 1.58. The van der Waals surface area contributed by atoms with Gasteiger partial charge >= 0.3 is 0 Å². The Morgan fingerprint density at radius 3 is 3.17 bits per heavy atom. The van der Waals surface area contributed by atoms with Crippen LogP contribution in [0.1, 0.15) is 5.56 Å². The number of rotatable bonds is 3. The first-order valence-corrected chi connectivity index (χ1v) is 5.34. The number of benzene rings is 1. The highest BCUT2D eigenvalue weighted by molar-refractivity contribution is 6.03. The minimum atomic E-state index is -0.447. The van der Waals surface area contributed by atoms with Gasteiger partial charge in [0.05, 0.1) is 19.7 Å². The van der Waals surface area contributed by atoms with Crippen LogP contribution in [-0.4, -0.2) is 24.3 Å². The Morgan fingerprint density at radius 2 is 2.44 bits per heavy atom. The Hall–Kier alpha value is -2.55. The fraction of sp³-hybridized carbons (Fsp3) is 0.250. The van der Waals surface area contributed by atoms with Crippen molar-refractivity contribution in [1.82, 2.24) is 5.43 Å². The maximum atomic E-state index is 9.87. The van der Waals surface area contributed by atoms with Crippen molar-refractivity contribution in [3.63, 3.8) is 0 Å². The summed E-state index contributed by atoms with van der Waals surface area (Å²) in [5.74, 6) is 0.509. The quantitative estimate of drug-likeness (QED) is 0.830. The molecule has 6 nitrogen and oxygen atoms in total. The SMILES string of the molecule is COc1cccc(CN=C2NN=CC2C#N)c1O. The van der Waals surface area contributed by atoms with Crippen molar-refractivity contribution in [1.29, 1.82) is 5.26 Å². The van der Waals surface area contributed by atoms with Crippen LogP contribution in [0.4, 0.5) is 0 Å². The second-order valence-corrected chi connectivity index (χ2v) is 3.67. The predicted octanol–water partition coefficient (Wildman–Crippen LogP) is 1.03. The van der Waals surface area contributed by atoms with E-state index in [0.717, 1.165) is 0 Å². The molecule has 0 aromatic heterocycles. The lowest BCUT2D eigenvalue weighted by atomic mass is 10.1. The van der Waals surface area contributed by atoms with Crippen LogP contribution in [0.2, 0.25) is 0 Å². The van der Waals surface area contributed by atoms with Gasteiger partial charge in [0.1, 0.15) is 11.8 Å². The summed E-state index contributed by atoms with van der Waals surface area (Å²) in [5.41, 5.74) is 3.29. The van der Waals surface area contributed by atoms with Gasteiger partial charge in [-0.25, -0.2) is 0 Å². The van der Waals surface area contributed by atoms with Crippen LogP contribution in [0.5, 0.6) is 11.5 Å². The standard InChI is InChI=1S/C12H12N4O2/c1-18-10-4-2-3-8(11(10)17)6-14-12-9(5-13)7-15-16-12/h2-4,7,9,17H,6H2,1H3,(H,14,16). The number of aromatic hydroxyl groups is 1. The summed E-state index contributed by atoms with van der Waals surface area (Å²) in [5, 5.41) is 22.5. The third kappa shape index (κ3) is 2.25. The number of amidine groups is 1. The van der Waals surface area contributed by atoms with E-state index in [-0.39, 0.29) is 12.3 Å². The lowest BCUT2D eigenvalue weighted by Gasteiger charge is -2.07. The summed E-state index contributed by atoms with van der Waals surface area (Å²) in [6.45, 7) is 0.257. The van der Waals surface area contributed by atoms with Crippen LogP contribution in [0, 0.1) is 17.2 Å². The molecule has 0 bridgehead atoms. The number of nitrogens with one attached hydrogen (secondary N) is 1. The molecule has 1 aromatic carbocycles. The van der Waals surface area contributed by atoms with Crippen molar-refractivity contribution >= 4 is 12.1 Å². The largest absolute Gasteiger partial charge is 0.504 e. The van der Waals surface area contributed by atoms with E-state index in [4.69, 9.17) is 10.00 Å². The zero-order valence-electron chi connectivity index (χ0n) is 9.79. The number of hydrogen-bond acceptors (Lipinski definition) is 5. The first-order chi connectivity index (χ1) is 8.76. The number of methoxy groups -OCH3 is 1. The van der Waals surface area contributed by atoms with E-state index in [1.54, 1.807) is 18.2 Å². The van der Waals surface area contributed by atoms with Gasteiger partial charge in [0.15, 0.2) is 11.5 Å². The van der Waals surface area contributed by atoms with E-state index in [2.05, 4.69) is 21.6 Å². The first-order valence-electron chi connectivity index (χ1n) is 5.34. The van der Waals surface area contributed by atoms with Crippen LogP contribution < -0.4 is 10.2 Å². The Morgan fingerprint density at radius 1 is 1.61 bits per heavy atom. The number of nitriles is 1. The molecule has 0 spiro atoms. The molecule has 1 aliphatic heterocycles. The van der Waals surface area contributed by atoms with Gasteiger partial charge in [-0.05, 0) is 6.07 Å². The Labute approximate surface area is 104 Å². The Balaban J connectivity index is 2.16. The monoisotopic (exact) mass is 244 g/mol. The summed E-state index contributed by atoms with van der Waals surface area (Å²) in [6, 6.07) is 7.25. The van der Waals surface area contributed by atoms with Crippen molar-refractivity contribution in [2.75, 3.05) is 7.11 Å². The number of phenols is 1. The molecule has 0 fully saturated rings. The number of para-hydroxylation sites is 1. The van der Waals surface area contributed by atoms with Gasteiger partial charge in [-0.2, -0.15) is 10.4 Å². The average Bonchev–Trinajstić information content (AvgIpc) is 2.85.